The van der Waals surface area contributed by atoms with Crippen LogP contribution in [0.15, 0.2) is 24.5 Å². The van der Waals surface area contributed by atoms with Gasteiger partial charge in [0, 0.05) is 18.8 Å². The van der Waals surface area contributed by atoms with Gasteiger partial charge >= 0.3 is 6.03 Å². The Hall–Kier alpha value is -2.44. The average molecular weight is 300 g/mol. The van der Waals surface area contributed by atoms with Gasteiger partial charge in [-0.1, -0.05) is 13.0 Å². The minimum atomic E-state index is -0.0384. The summed E-state index contributed by atoms with van der Waals surface area (Å²) >= 11 is 0. The quantitative estimate of drug-likeness (QED) is 0.922. The van der Waals surface area contributed by atoms with Crippen LogP contribution >= 0.6 is 0 Å². The van der Waals surface area contributed by atoms with Gasteiger partial charge in [0.1, 0.15) is 6.33 Å². The van der Waals surface area contributed by atoms with Gasteiger partial charge in [0.05, 0.1) is 5.69 Å². The van der Waals surface area contributed by atoms with Crippen LogP contribution in [0.25, 0.3) is 5.69 Å². The number of nitrogens with zero attached hydrogens (tertiary/aromatic N) is 5. The van der Waals surface area contributed by atoms with Crippen molar-refractivity contribution >= 4 is 11.7 Å². The molecule has 22 heavy (non-hydrogen) atoms. The molecule has 2 aromatic rings. The number of aryl methyl sites for hydroxylation is 1. The van der Waals surface area contributed by atoms with E-state index in [0.717, 1.165) is 36.4 Å². The van der Waals surface area contributed by atoms with Crippen molar-refractivity contribution in [3.05, 3.63) is 30.1 Å². The van der Waals surface area contributed by atoms with Crippen molar-refractivity contribution in [1.82, 2.24) is 25.1 Å². The van der Waals surface area contributed by atoms with E-state index in [4.69, 9.17) is 0 Å². The molecule has 1 aromatic heterocycles. The van der Waals surface area contributed by atoms with E-state index >= 15 is 0 Å². The first-order valence-electron chi connectivity index (χ1n) is 7.53. The van der Waals surface area contributed by atoms with E-state index in [9.17, 15) is 4.79 Å². The summed E-state index contributed by atoms with van der Waals surface area (Å²) in [6.45, 7) is 5.79. The first kappa shape index (κ1) is 14.5. The second-order valence-corrected chi connectivity index (χ2v) is 5.88. The number of piperidine rings is 1. The van der Waals surface area contributed by atoms with Gasteiger partial charge in [-0.15, -0.1) is 5.10 Å². The van der Waals surface area contributed by atoms with Gasteiger partial charge in [-0.25, -0.2) is 9.48 Å². The predicted molar refractivity (Wildman–Crippen MR) is 82.9 cm³/mol. The molecule has 0 spiro atoms. The Labute approximate surface area is 129 Å². The molecular weight excluding hydrogens is 280 g/mol. The third kappa shape index (κ3) is 3.08. The third-order valence-electron chi connectivity index (χ3n) is 4.02. The smallest absolute Gasteiger partial charge is 0.321 e. The number of hydrogen-bond acceptors (Lipinski definition) is 4. The molecule has 1 fully saturated rings. The molecule has 7 heteroatoms. The van der Waals surface area contributed by atoms with Crippen molar-refractivity contribution in [3.8, 4) is 5.69 Å². The zero-order chi connectivity index (χ0) is 15.5. The molecule has 0 radical (unpaired) electrons. The van der Waals surface area contributed by atoms with E-state index in [2.05, 4.69) is 27.8 Å². The number of benzene rings is 1. The van der Waals surface area contributed by atoms with Crippen LogP contribution in [0.5, 0.6) is 0 Å². The zero-order valence-electron chi connectivity index (χ0n) is 12.9. The number of rotatable bonds is 2. The monoisotopic (exact) mass is 300 g/mol. The Morgan fingerprint density at radius 2 is 2.27 bits per heavy atom. The summed E-state index contributed by atoms with van der Waals surface area (Å²) in [5.41, 5.74) is 2.62. The summed E-state index contributed by atoms with van der Waals surface area (Å²) in [5.74, 6) is 0.563. The molecule has 0 bridgehead atoms. The van der Waals surface area contributed by atoms with Crippen molar-refractivity contribution < 1.29 is 4.79 Å². The van der Waals surface area contributed by atoms with E-state index in [1.807, 2.05) is 30.0 Å². The second-order valence-electron chi connectivity index (χ2n) is 5.88. The number of carbonyl (C=O) groups is 1. The minimum absolute atomic E-state index is 0.0384. The number of tetrazole rings is 1. The van der Waals surface area contributed by atoms with Gasteiger partial charge < -0.3 is 10.2 Å². The van der Waals surface area contributed by atoms with Crippen LogP contribution in [0.2, 0.25) is 0 Å². The lowest BCUT2D eigenvalue weighted by Crippen LogP contribution is -2.41. The fourth-order valence-corrected chi connectivity index (χ4v) is 2.73. The van der Waals surface area contributed by atoms with E-state index in [1.165, 1.54) is 12.7 Å². The molecule has 2 heterocycles. The molecule has 1 aliphatic rings. The Bertz CT molecular complexity index is 654. The summed E-state index contributed by atoms with van der Waals surface area (Å²) in [5, 5.41) is 14.1. The number of likely N-dealkylation sites (tertiary alicyclic amines) is 1. The molecule has 3 rings (SSSR count). The van der Waals surface area contributed by atoms with Crippen molar-refractivity contribution in [3.63, 3.8) is 0 Å². The molecule has 1 saturated heterocycles. The number of aromatic nitrogens is 4. The number of amides is 2. The summed E-state index contributed by atoms with van der Waals surface area (Å²) in [6.07, 6.45) is 3.79. The largest absolute Gasteiger partial charge is 0.324 e. The van der Waals surface area contributed by atoms with Crippen LogP contribution in [0.1, 0.15) is 25.3 Å². The van der Waals surface area contributed by atoms with E-state index in [-0.39, 0.29) is 6.03 Å². The number of nitrogens with one attached hydrogen (secondary N) is 1. The Morgan fingerprint density at radius 3 is 3.00 bits per heavy atom. The first-order chi connectivity index (χ1) is 10.6. The molecule has 2 amide bonds. The minimum Gasteiger partial charge on any atom is -0.324 e. The topological polar surface area (TPSA) is 75.9 Å². The number of anilines is 1. The highest BCUT2D eigenvalue weighted by atomic mass is 16.2. The predicted octanol–water partition coefficient (Wildman–Crippen LogP) is 2.23. The van der Waals surface area contributed by atoms with Gasteiger partial charge in [0.2, 0.25) is 0 Å². The first-order valence-corrected chi connectivity index (χ1v) is 7.53. The molecule has 1 N–H and O–H groups in total. The van der Waals surface area contributed by atoms with Crippen LogP contribution < -0.4 is 5.32 Å². The van der Waals surface area contributed by atoms with E-state index in [1.54, 1.807) is 4.68 Å². The molecule has 116 valence electrons. The van der Waals surface area contributed by atoms with Gasteiger partial charge in [0.25, 0.3) is 0 Å². The van der Waals surface area contributed by atoms with Gasteiger partial charge in [0.15, 0.2) is 0 Å². The van der Waals surface area contributed by atoms with Crippen LogP contribution in [0, 0.1) is 12.8 Å². The summed E-state index contributed by atoms with van der Waals surface area (Å²) in [6, 6.07) is 5.72. The Kier molecular flexibility index (Phi) is 4.04. The zero-order valence-corrected chi connectivity index (χ0v) is 12.9. The number of urea groups is 1. The van der Waals surface area contributed by atoms with Crippen LogP contribution in [0.4, 0.5) is 10.5 Å². The molecule has 0 saturated carbocycles. The second kappa shape index (κ2) is 6.13. The van der Waals surface area contributed by atoms with Gasteiger partial charge in [-0.05, 0) is 53.8 Å². The van der Waals surface area contributed by atoms with E-state index in [0.29, 0.717) is 5.92 Å². The van der Waals surface area contributed by atoms with Crippen molar-refractivity contribution in [2.45, 2.75) is 26.7 Å². The van der Waals surface area contributed by atoms with Crippen LogP contribution in [-0.4, -0.2) is 44.2 Å². The average Bonchev–Trinajstić information content (AvgIpc) is 3.04. The van der Waals surface area contributed by atoms with Crippen LogP contribution in [-0.2, 0) is 0 Å². The lowest BCUT2D eigenvalue weighted by molar-refractivity contribution is 0.182. The van der Waals surface area contributed by atoms with E-state index < -0.39 is 0 Å². The maximum atomic E-state index is 12.4. The maximum Gasteiger partial charge on any atom is 0.321 e. The van der Waals surface area contributed by atoms with Crippen LogP contribution in [0.3, 0.4) is 0 Å². The molecule has 1 aromatic carbocycles. The molecule has 1 unspecified atom stereocenters. The van der Waals surface area contributed by atoms with Gasteiger partial charge in [-0.2, -0.15) is 0 Å². The Morgan fingerprint density at radius 1 is 1.41 bits per heavy atom. The SMILES string of the molecule is Cc1ccc(-n2cnnn2)cc1NC(=O)N1CCCC(C)C1. The fraction of sp³-hybridized carbons (Fsp3) is 0.467. The molecular formula is C15H20N6O. The molecule has 1 aliphatic heterocycles. The van der Waals surface area contributed by atoms with Crippen molar-refractivity contribution in [2.75, 3.05) is 18.4 Å². The van der Waals surface area contributed by atoms with Crippen molar-refractivity contribution in [1.29, 1.82) is 0 Å². The summed E-state index contributed by atoms with van der Waals surface area (Å²) in [7, 11) is 0. The third-order valence-corrected chi connectivity index (χ3v) is 4.02. The number of carbonyl (C=O) groups excluding carboxylic acids is 1. The lowest BCUT2D eigenvalue weighted by atomic mass is 10.0. The fourth-order valence-electron chi connectivity index (χ4n) is 2.73. The summed E-state index contributed by atoms with van der Waals surface area (Å²) in [4.78, 5) is 14.3. The molecule has 0 aliphatic carbocycles. The normalized spacial score (nSPS) is 18.3. The number of hydrogen-bond donors (Lipinski definition) is 1. The van der Waals surface area contributed by atoms with Gasteiger partial charge in [-0.3, -0.25) is 0 Å². The lowest BCUT2D eigenvalue weighted by Gasteiger charge is -2.31. The van der Waals surface area contributed by atoms with Crippen molar-refractivity contribution in [2.24, 2.45) is 5.92 Å². The standard InChI is InChI=1S/C15H20N6O/c1-11-4-3-7-20(9-11)15(22)17-14-8-13(6-5-12(14)2)21-10-16-18-19-21/h5-6,8,10-11H,3-4,7,9H2,1-2H3,(H,17,22). The maximum absolute atomic E-state index is 12.4. The summed E-state index contributed by atoms with van der Waals surface area (Å²) < 4.78 is 1.57. The highest BCUT2D eigenvalue weighted by Crippen LogP contribution is 2.21. The molecule has 7 nitrogen and oxygen atoms in total. The highest BCUT2D eigenvalue weighted by Gasteiger charge is 2.21. The highest BCUT2D eigenvalue weighted by molar-refractivity contribution is 5.90. The Balaban J connectivity index is 1.76. The molecule has 1 atom stereocenters.